The SMILES string of the molecule is CC1(CO)CCN(c2cc(Nc3ccnc(-c4cnn(S(=O)(=O)C5CC5)c4)n3)ncc2C#CC2CCN(S(C)(=O)=O)C2)CC1. The molecule has 13 nitrogen and oxygen atoms in total. The predicted molar refractivity (Wildman–Crippen MR) is 166 cm³/mol. The molecule has 234 valence electrons. The lowest BCUT2D eigenvalue weighted by Gasteiger charge is -2.39. The highest BCUT2D eigenvalue weighted by molar-refractivity contribution is 7.90. The van der Waals surface area contributed by atoms with Crippen LogP contribution in [-0.2, 0) is 20.0 Å². The summed E-state index contributed by atoms with van der Waals surface area (Å²) >= 11 is 0. The Kier molecular flexibility index (Phi) is 8.12. The first-order valence-electron chi connectivity index (χ1n) is 14.7. The number of aliphatic hydroxyl groups is 1. The lowest BCUT2D eigenvalue weighted by Crippen LogP contribution is -2.40. The van der Waals surface area contributed by atoms with Crippen molar-refractivity contribution in [3.8, 4) is 23.2 Å². The Labute approximate surface area is 257 Å². The molecule has 0 radical (unpaired) electrons. The fourth-order valence-electron chi connectivity index (χ4n) is 5.42. The molecule has 2 N–H and O–H groups in total. The minimum Gasteiger partial charge on any atom is -0.396 e. The van der Waals surface area contributed by atoms with E-state index in [1.165, 1.54) is 23.0 Å². The third-order valence-corrected chi connectivity index (χ3v) is 11.8. The maximum Gasteiger partial charge on any atom is 0.256 e. The summed E-state index contributed by atoms with van der Waals surface area (Å²) in [4.78, 5) is 15.7. The van der Waals surface area contributed by atoms with E-state index in [0.29, 0.717) is 55.4 Å². The molecule has 6 rings (SSSR count). The first kappa shape index (κ1) is 30.4. The zero-order valence-corrected chi connectivity index (χ0v) is 26.4. The normalized spacial score (nSPS) is 20.7. The van der Waals surface area contributed by atoms with E-state index >= 15 is 0 Å². The van der Waals surface area contributed by atoms with Gasteiger partial charge in [-0.1, -0.05) is 18.8 Å². The van der Waals surface area contributed by atoms with E-state index in [-0.39, 0.29) is 23.2 Å². The molecule has 1 aliphatic carbocycles. The van der Waals surface area contributed by atoms with Gasteiger partial charge in [-0.3, -0.25) is 0 Å². The van der Waals surface area contributed by atoms with Gasteiger partial charge in [0.1, 0.15) is 11.6 Å². The van der Waals surface area contributed by atoms with Crippen LogP contribution in [0.2, 0.25) is 0 Å². The number of hydrogen-bond acceptors (Lipinski definition) is 11. The van der Waals surface area contributed by atoms with Gasteiger partial charge in [0.15, 0.2) is 5.82 Å². The zero-order chi connectivity index (χ0) is 31.1. The Morgan fingerprint density at radius 2 is 1.84 bits per heavy atom. The average molecular weight is 641 g/mol. The Hall–Kier alpha value is -3.58. The molecule has 3 aromatic rings. The monoisotopic (exact) mass is 640 g/mol. The molecule has 0 bridgehead atoms. The summed E-state index contributed by atoms with van der Waals surface area (Å²) in [6.07, 6.45) is 11.0. The van der Waals surface area contributed by atoms with Gasteiger partial charge in [0.05, 0.1) is 40.7 Å². The van der Waals surface area contributed by atoms with Crippen LogP contribution in [0.1, 0.15) is 44.6 Å². The van der Waals surface area contributed by atoms with Gasteiger partial charge in [-0.15, -0.1) is 0 Å². The van der Waals surface area contributed by atoms with Gasteiger partial charge in [0.25, 0.3) is 10.0 Å². The fraction of sp³-hybridized carbons (Fsp3) is 0.517. The predicted octanol–water partition coefficient (Wildman–Crippen LogP) is 2.05. The maximum absolute atomic E-state index is 12.6. The largest absolute Gasteiger partial charge is 0.396 e. The molecule has 0 spiro atoms. The van der Waals surface area contributed by atoms with Gasteiger partial charge < -0.3 is 15.3 Å². The molecule has 2 aliphatic heterocycles. The Morgan fingerprint density at radius 1 is 1.07 bits per heavy atom. The van der Waals surface area contributed by atoms with Crippen LogP contribution in [0.4, 0.5) is 17.3 Å². The van der Waals surface area contributed by atoms with E-state index in [0.717, 1.165) is 41.3 Å². The van der Waals surface area contributed by atoms with Gasteiger partial charge >= 0.3 is 0 Å². The van der Waals surface area contributed by atoms with E-state index in [1.807, 2.05) is 6.07 Å². The molecule has 0 amide bonds. The van der Waals surface area contributed by atoms with Crippen LogP contribution in [0.5, 0.6) is 0 Å². The highest BCUT2D eigenvalue weighted by atomic mass is 32.2. The number of aliphatic hydroxyl groups excluding tert-OH is 1. The first-order chi connectivity index (χ1) is 20.9. The molecule has 3 aliphatic rings. The van der Waals surface area contributed by atoms with Gasteiger partial charge in [0, 0.05) is 57.2 Å². The highest BCUT2D eigenvalue weighted by Gasteiger charge is 2.38. The summed E-state index contributed by atoms with van der Waals surface area (Å²) in [5.41, 5.74) is 2.00. The van der Waals surface area contributed by atoms with E-state index in [4.69, 9.17) is 0 Å². The van der Waals surface area contributed by atoms with Crippen LogP contribution >= 0.6 is 0 Å². The van der Waals surface area contributed by atoms with Crippen LogP contribution in [0.15, 0.2) is 36.9 Å². The number of aromatic nitrogens is 5. The minimum absolute atomic E-state index is 0.0579. The van der Waals surface area contributed by atoms with Gasteiger partial charge in [-0.2, -0.15) is 9.19 Å². The van der Waals surface area contributed by atoms with E-state index in [1.54, 1.807) is 18.5 Å². The molecule has 15 heteroatoms. The summed E-state index contributed by atoms with van der Waals surface area (Å²) < 4.78 is 51.5. The molecule has 5 heterocycles. The van der Waals surface area contributed by atoms with Crippen molar-refractivity contribution in [3.05, 3.63) is 42.5 Å². The second-order valence-electron chi connectivity index (χ2n) is 12.2. The smallest absolute Gasteiger partial charge is 0.256 e. The van der Waals surface area contributed by atoms with Gasteiger partial charge in [-0.05, 0) is 43.6 Å². The van der Waals surface area contributed by atoms with Gasteiger partial charge in [0.2, 0.25) is 10.0 Å². The Bertz CT molecular complexity index is 1820. The van der Waals surface area contributed by atoms with Crippen molar-refractivity contribution in [2.45, 2.75) is 44.3 Å². The maximum atomic E-state index is 12.6. The number of pyridine rings is 1. The number of piperidine rings is 1. The summed E-state index contributed by atoms with van der Waals surface area (Å²) in [5, 5.41) is 16.8. The number of nitrogens with one attached hydrogen (secondary N) is 1. The number of nitrogens with zero attached hydrogens (tertiary/aromatic N) is 7. The van der Waals surface area contributed by atoms with Gasteiger partial charge in [-0.25, -0.2) is 36.1 Å². The van der Waals surface area contributed by atoms with Crippen LogP contribution in [0.3, 0.4) is 0 Å². The molecule has 1 atom stereocenters. The summed E-state index contributed by atoms with van der Waals surface area (Å²) in [6, 6.07) is 3.62. The number of anilines is 3. The van der Waals surface area contributed by atoms with Crippen molar-refractivity contribution in [1.29, 1.82) is 0 Å². The van der Waals surface area contributed by atoms with Crippen molar-refractivity contribution in [1.82, 2.24) is 28.4 Å². The highest BCUT2D eigenvalue weighted by Crippen LogP contribution is 2.35. The lowest BCUT2D eigenvalue weighted by molar-refractivity contribution is 0.115. The molecular formula is C29H36N8O5S2. The molecule has 3 aromatic heterocycles. The Balaban J connectivity index is 1.24. The number of sulfonamides is 1. The van der Waals surface area contributed by atoms with Crippen molar-refractivity contribution in [2.24, 2.45) is 11.3 Å². The van der Waals surface area contributed by atoms with Crippen LogP contribution in [-0.4, -0.2) is 94.7 Å². The lowest BCUT2D eigenvalue weighted by atomic mass is 9.81. The van der Waals surface area contributed by atoms with Crippen molar-refractivity contribution < 1.29 is 21.9 Å². The minimum atomic E-state index is -3.49. The van der Waals surface area contributed by atoms with E-state index in [2.05, 4.69) is 49.0 Å². The second kappa shape index (κ2) is 11.7. The quantitative estimate of drug-likeness (QED) is 0.347. The third-order valence-electron chi connectivity index (χ3n) is 8.54. The van der Waals surface area contributed by atoms with Crippen molar-refractivity contribution >= 4 is 37.4 Å². The molecule has 1 saturated carbocycles. The van der Waals surface area contributed by atoms with E-state index in [9.17, 15) is 21.9 Å². The van der Waals surface area contributed by atoms with Crippen LogP contribution < -0.4 is 10.2 Å². The first-order valence-corrected chi connectivity index (χ1v) is 18.0. The molecule has 44 heavy (non-hydrogen) atoms. The van der Waals surface area contributed by atoms with Crippen molar-refractivity contribution in [2.75, 3.05) is 49.3 Å². The third kappa shape index (κ3) is 6.58. The molecule has 1 unspecified atom stereocenters. The fourth-order valence-corrected chi connectivity index (χ4v) is 7.78. The number of rotatable bonds is 8. The average Bonchev–Trinajstić information content (AvgIpc) is 3.54. The van der Waals surface area contributed by atoms with Crippen LogP contribution in [0, 0.1) is 23.2 Å². The summed E-state index contributed by atoms with van der Waals surface area (Å²) in [5.74, 6) is 7.83. The van der Waals surface area contributed by atoms with Crippen molar-refractivity contribution in [3.63, 3.8) is 0 Å². The number of hydrogen-bond donors (Lipinski definition) is 2. The summed E-state index contributed by atoms with van der Waals surface area (Å²) in [7, 11) is -6.74. The molecule has 2 saturated heterocycles. The second-order valence-corrected chi connectivity index (χ2v) is 16.2. The topological polar surface area (TPSA) is 164 Å². The standard InChI is InChI=1S/C29H36N8O5S2/c1-29(20-38)9-13-35(14-10-29)25-15-27(31-16-22(25)4-3-21-8-12-36(18-21)43(2,39)40)33-26-7-11-30-28(34-26)23-17-32-37(19-23)44(41,42)24-5-6-24/h7,11,15-17,19,21,24,38H,5-6,8-10,12-14,18,20H2,1-2H3,(H,30,31,33,34). The van der Waals surface area contributed by atoms with Crippen LogP contribution in [0.25, 0.3) is 11.4 Å². The molecular weight excluding hydrogens is 605 g/mol. The molecule has 0 aromatic carbocycles. The Morgan fingerprint density at radius 3 is 2.52 bits per heavy atom. The zero-order valence-electron chi connectivity index (χ0n) is 24.7. The molecule has 3 fully saturated rings. The van der Waals surface area contributed by atoms with E-state index < -0.39 is 20.0 Å². The summed E-state index contributed by atoms with van der Waals surface area (Å²) in [6.45, 7) is 4.56.